The van der Waals surface area contributed by atoms with E-state index < -0.39 is 23.2 Å². The van der Waals surface area contributed by atoms with Gasteiger partial charge in [-0.05, 0) is 25.0 Å². The number of carboxylic acids is 1. The van der Waals surface area contributed by atoms with E-state index in [1.165, 1.54) is 19.2 Å². The number of methoxy groups -OCH3 is 1. The van der Waals surface area contributed by atoms with Crippen molar-refractivity contribution in [3.05, 3.63) is 29.6 Å². The minimum atomic E-state index is -1.22. The predicted octanol–water partition coefficient (Wildman–Crippen LogP) is 1.18. The first-order valence-electron chi connectivity index (χ1n) is 5.38. The normalized spacial score (nSPS) is 15.9. The lowest BCUT2D eigenvalue weighted by Crippen LogP contribution is -2.43. The minimum Gasteiger partial charge on any atom is -0.497 e. The van der Waals surface area contributed by atoms with Gasteiger partial charge >= 0.3 is 5.97 Å². The number of halogens is 1. The molecule has 18 heavy (non-hydrogen) atoms. The fraction of sp³-hybridized carbons (Fsp3) is 0.333. The SMILES string of the molecule is COc1ccc(C(=O)NC2(C(=O)O)CC2)c(F)c1. The maximum atomic E-state index is 13.6. The van der Waals surface area contributed by atoms with Crippen molar-refractivity contribution in [1.82, 2.24) is 5.32 Å². The summed E-state index contributed by atoms with van der Waals surface area (Å²) in [5.41, 5.74) is -1.41. The van der Waals surface area contributed by atoms with Crippen molar-refractivity contribution in [2.45, 2.75) is 18.4 Å². The molecule has 0 radical (unpaired) electrons. The van der Waals surface area contributed by atoms with Crippen molar-refractivity contribution in [2.75, 3.05) is 7.11 Å². The molecule has 0 heterocycles. The molecular weight excluding hydrogens is 241 g/mol. The van der Waals surface area contributed by atoms with Gasteiger partial charge in [-0.3, -0.25) is 4.79 Å². The Hall–Kier alpha value is -2.11. The van der Waals surface area contributed by atoms with Crippen LogP contribution in [0.1, 0.15) is 23.2 Å². The van der Waals surface area contributed by atoms with Gasteiger partial charge in [0, 0.05) is 6.07 Å². The molecule has 1 aromatic carbocycles. The third-order valence-electron chi connectivity index (χ3n) is 2.93. The fourth-order valence-corrected chi connectivity index (χ4v) is 1.61. The zero-order chi connectivity index (χ0) is 13.3. The number of nitrogens with one attached hydrogen (secondary N) is 1. The summed E-state index contributed by atoms with van der Waals surface area (Å²) in [5.74, 6) is -2.27. The summed E-state index contributed by atoms with van der Waals surface area (Å²) < 4.78 is 18.4. The Bertz CT molecular complexity index is 511. The third-order valence-corrected chi connectivity index (χ3v) is 2.93. The van der Waals surface area contributed by atoms with Crippen molar-refractivity contribution >= 4 is 11.9 Å². The number of benzene rings is 1. The van der Waals surface area contributed by atoms with Crippen LogP contribution >= 0.6 is 0 Å². The predicted molar refractivity (Wildman–Crippen MR) is 60.0 cm³/mol. The lowest BCUT2D eigenvalue weighted by molar-refractivity contribution is -0.140. The number of aliphatic carboxylic acids is 1. The lowest BCUT2D eigenvalue weighted by Gasteiger charge is -2.13. The Labute approximate surface area is 103 Å². The molecule has 2 N–H and O–H groups in total. The highest BCUT2D eigenvalue weighted by molar-refractivity contribution is 5.99. The quantitative estimate of drug-likeness (QED) is 0.844. The molecule has 2 rings (SSSR count). The van der Waals surface area contributed by atoms with Crippen molar-refractivity contribution in [2.24, 2.45) is 0 Å². The maximum absolute atomic E-state index is 13.6. The molecule has 0 aromatic heterocycles. The topological polar surface area (TPSA) is 75.6 Å². The second-order valence-corrected chi connectivity index (χ2v) is 4.19. The van der Waals surface area contributed by atoms with Gasteiger partial charge in [-0.15, -0.1) is 0 Å². The second-order valence-electron chi connectivity index (χ2n) is 4.19. The van der Waals surface area contributed by atoms with E-state index in [1.807, 2.05) is 0 Å². The van der Waals surface area contributed by atoms with E-state index in [1.54, 1.807) is 0 Å². The van der Waals surface area contributed by atoms with E-state index in [-0.39, 0.29) is 5.56 Å². The molecule has 0 bridgehead atoms. The van der Waals surface area contributed by atoms with Gasteiger partial charge in [-0.2, -0.15) is 0 Å². The van der Waals surface area contributed by atoms with Gasteiger partial charge < -0.3 is 15.2 Å². The van der Waals surface area contributed by atoms with Crippen LogP contribution in [0.15, 0.2) is 18.2 Å². The number of rotatable bonds is 4. The zero-order valence-corrected chi connectivity index (χ0v) is 9.70. The molecule has 0 spiro atoms. The molecule has 1 amide bonds. The number of hydrogen-bond acceptors (Lipinski definition) is 3. The Morgan fingerprint density at radius 1 is 1.44 bits per heavy atom. The smallest absolute Gasteiger partial charge is 0.329 e. The molecule has 1 aliphatic rings. The van der Waals surface area contributed by atoms with Crippen molar-refractivity contribution in [3.63, 3.8) is 0 Å². The first-order valence-corrected chi connectivity index (χ1v) is 5.38. The molecule has 0 atom stereocenters. The average Bonchev–Trinajstić information content (AvgIpc) is 3.09. The summed E-state index contributed by atoms with van der Waals surface area (Å²) in [6.07, 6.45) is 0.734. The van der Waals surface area contributed by atoms with Gasteiger partial charge in [0.2, 0.25) is 0 Å². The molecule has 5 nitrogen and oxygen atoms in total. The van der Waals surface area contributed by atoms with Crippen molar-refractivity contribution < 1.29 is 23.8 Å². The summed E-state index contributed by atoms with van der Waals surface area (Å²) in [6, 6.07) is 3.79. The molecule has 0 unspecified atom stereocenters. The van der Waals surface area contributed by atoms with Crippen molar-refractivity contribution in [3.8, 4) is 5.75 Å². The number of amides is 1. The van der Waals surface area contributed by atoms with Crippen LogP contribution in [0.3, 0.4) is 0 Å². The van der Waals surface area contributed by atoms with Gasteiger partial charge in [-0.25, -0.2) is 9.18 Å². The van der Waals surface area contributed by atoms with Crippen LogP contribution in [0.4, 0.5) is 4.39 Å². The average molecular weight is 253 g/mol. The van der Waals surface area contributed by atoms with E-state index in [4.69, 9.17) is 9.84 Å². The number of carboxylic acid groups (broad SMARTS) is 1. The third kappa shape index (κ3) is 2.13. The Balaban J connectivity index is 2.17. The number of ether oxygens (including phenoxy) is 1. The van der Waals surface area contributed by atoms with E-state index in [9.17, 15) is 14.0 Å². The van der Waals surface area contributed by atoms with Gasteiger partial charge in [0.15, 0.2) is 0 Å². The molecule has 0 aliphatic heterocycles. The van der Waals surface area contributed by atoms with Crippen LogP contribution in [0.2, 0.25) is 0 Å². The van der Waals surface area contributed by atoms with Crippen LogP contribution in [0.5, 0.6) is 5.75 Å². The van der Waals surface area contributed by atoms with Crippen LogP contribution in [0.25, 0.3) is 0 Å². The first kappa shape index (κ1) is 12.3. The highest BCUT2D eigenvalue weighted by Gasteiger charge is 2.51. The summed E-state index contributed by atoms with van der Waals surface area (Å²) >= 11 is 0. The van der Waals surface area contributed by atoms with Gasteiger partial charge in [0.25, 0.3) is 5.91 Å². The van der Waals surface area contributed by atoms with Crippen LogP contribution in [0, 0.1) is 5.82 Å². The molecule has 1 aromatic rings. The van der Waals surface area contributed by atoms with E-state index in [0.29, 0.717) is 18.6 Å². The fourth-order valence-electron chi connectivity index (χ4n) is 1.61. The highest BCUT2D eigenvalue weighted by atomic mass is 19.1. The molecule has 1 aliphatic carbocycles. The summed E-state index contributed by atoms with van der Waals surface area (Å²) in [5, 5.41) is 11.3. The zero-order valence-electron chi connectivity index (χ0n) is 9.70. The molecule has 6 heteroatoms. The molecule has 0 saturated heterocycles. The summed E-state index contributed by atoms with van der Waals surface area (Å²) in [4.78, 5) is 22.7. The Morgan fingerprint density at radius 3 is 2.56 bits per heavy atom. The summed E-state index contributed by atoms with van der Waals surface area (Å²) in [7, 11) is 1.39. The van der Waals surface area contributed by atoms with Crippen molar-refractivity contribution in [1.29, 1.82) is 0 Å². The van der Waals surface area contributed by atoms with Gasteiger partial charge in [0.1, 0.15) is 17.1 Å². The number of carbonyl (C=O) groups excluding carboxylic acids is 1. The Kier molecular flexibility index (Phi) is 2.94. The van der Waals surface area contributed by atoms with Crippen LogP contribution < -0.4 is 10.1 Å². The highest BCUT2D eigenvalue weighted by Crippen LogP contribution is 2.36. The number of carbonyl (C=O) groups is 2. The molecular formula is C12H12FNO4. The largest absolute Gasteiger partial charge is 0.497 e. The van der Waals surface area contributed by atoms with E-state index in [0.717, 1.165) is 6.07 Å². The standard InChI is InChI=1S/C12H12FNO4/c1-18-7-2-3-8(9(13)6-7)10(15)14-12(4-5-12)11(16)17/h2-3,6H,4-5H2,1H3,(H,14,15)(H,16,17). The maximum Gasteiger partial charge on any atom is 0.329 e. The molecule has 96 valence electrons. The lowest BCUT2D eigenvalue weighted by atomic mass is 10.1. The monoisotopic (exact) mass is 253 g/mol. The molecule has 1 saturated carbocycles. The van der Waals surface area contributed by atoms with Gasteiger partial charge in [-0.1, -0.05) is 0 Å². The Morgan fingerprint density at radius 2 is 2.11 bits per heavy atom. The van der Waals surface area contributed by atoms with E-state index >= 15 is 0 Å². The number of hydrogen-bond donors (Lipinski definition) is 2. The second kappa shape index (κ2) is 4.29. The minimum absolute atomic E-state index is 0.191. The summed E-state index contributed by atoms with van der Waals surface area (Å²) in [6.45, 7) is 0. The molecule has 1 fully saturated rings. The first-order chi connectivity index (χ1) is 8.48. The van der Waals surface area contributed by atoms with E-state index in [2.05, 4.69) is 5.32 Å². The van der Waals surface area contributed by atoms with Crippen LogP contribution in [-0.4, -0.2) is 29.6 Å². The van der Waals surface area contributed by atoms with Crippen LogP contribution in [-0.2, 0) is 4.79 Å². The van der Waals surface area contributed by atoms with Gasteiger partial charge in [0.05, 0.1) is 12.7 Å².